The third-order valence-electron chi connectivity index (χ3n) is 6.27. The standard InChI is InChI=1S/C22H29N5O/c1-14-16(9-10-20(28)26-12-11-19(23)22(3,4)13-26)15(2)27-21(24-14)17-7-5-6-8-18(17)25-27/h5-8,19H,9-13,23H2,1-4H3. The molecule has 1 atom stereocenters. The Balaban J connectivity index is 1.56. The van der Waals surface area contributed by atoms with Crippen LogP contribution in [-0.2, 0) is 11.2 Å². The molecule has 0 radical (unpaired) electrons. The molecule has 0 bridgehead atoms. The van der Waals surface area contributed by atoms with Gasteiger partial charge in [-0.05, 0) is 49.8 Å². The minimum Gasteiger partial charge on any atom is -0.342 e. The van der Waals surface area contributed by atoms with E-state index in [2.05, 4.69) is 26.8 Å². The number of hydrogen-bond acceptors (Lipinski definition) is 4. The Morgan fingerprint density at radius 3 is 2.79 bits per heavy atom. The molecular formula is C22H29N5O. The topological polar surface area (TPSA) is 76.5 Å². The maximum absolute atomic E-state index is 12.8. The van der Waals surface area contributed by atoms with Crippen LogP contribution in [0, 0.1) is 19.3 Å². The van der Waals surface area contributed by atoms with E-state index in [4.69, 9.17) is 15.8 Å². The molecule has 0 aliphatic carbocycles. The molecule has 6 heteroatoms. The van der Waals surface area contributed by atoms with Crippen LogP contribution in [0.1, 0.15) is 43.6 Å². The SMILES string of the molecule is Cc1nc2c3ccccc3nn2c(C)c1CCC(=O)N1CCC(N)C(C)(C)C1. The van der Waals surface area contributed by atoms with Crippen molar-refractivity contribution in [2.75, 3.05) is 13.1 Å². The summed E-state index contributed by atoms with van der Waals surface area (Å²) >= 11 is 0. The number of aryl methyl sites for hydroxylation is 2. The van der Waals surface area contributed by atoms with E-state index in [1.807, 2.05) is 34.5 Å². The van der Waals surface area contributed by atoms with Crippen LogP contribution in [0.2, 0.25) is 0 Å². The Labute approximate surface area is 165 Å². The lowest BCUT2D eigenvalue weighted by atomic mass is 9.79. The Morgan fingerprint density at radius 1 is 1.29 bits per heavy atom. The number of likely N-dealkylation sites (tertiary alicyclic amines) is 1. The van der Waals surface area contributed by atoms with Gasteiger partial charge in [0.05, 0.1) is 5.52 Å². The number of fused-ring (bicyclic) bond motifs is 3. The summed E-state index contributed by atoms with van der Waals surface area (Å²) in [5.74, 6) is 0.199. The molecule has 1 saturated heterocycles. The number of hydrogen-bond donors (Lipinski definition) is 1. The Hall–Kier alpha value is -2.47. The van der Waals surface area contributed by atoms with E-state index in [0.29, 0.717) is 12.8 Å². The first-order valence-corrected chi connectivity index (χ1v) is 10.0. The maximum Gasteiger partial charge on any atom is 0.222 e. The highest BCUT2D eigenvalue weighted by Crippen LogP contribution is 2.28. The highest BCUT2D eigenvalue weighted by atomic mass is 16.2. The second-order valence-electron chi connectivity index (χ2n) is 8.71. The van der Waals surface area contributed by atoms with Crippen molar-refractivity contribution in [1.82, 2.24) is 19.5 Å². The zero-order valence-electron chi connectivity index (χ0n) is 17.2. The molecule has 1 aromatic carbocycles. The molecule has 1 fully saturated rings. The molecule has 148 valence electrons. The first kappa shape index (κ1) is 18.9. The molecule has 2 aromatic heterocycles. The minimum atomic E-state index is -0.0324. The van der Waals surface area contributed by atoms with Gasteiger partial charge in [-0.2, -0.15) is 5.10 Å². The maximum atomic E-state index is 12.8. The molecule has 1 amide bonds. The van der Waals surface area contributed by atoms with E-state index in [9.17, 15) is 4.79 Å². The van der Waals surface area contributed by atoms with Crippen molar-refractivity contribution in [3.8, 4) is 0 Å². The van der Waals surface area contributed by atoms with Crippen molar-refractivity contribution in [3.63, 3.8) is 0 Å². The monoisotopic (exact) mass is 379 g/mol. The molecular weight excluding hydrogens is 350 g/mol. The number of carbonyl (C=O) groups excluding carboxylic acids is 1. The fraction of sp³-hybridized carbons (Fsp3) is 0.500. The molecule has 0 saturated carbocycles. The average Bonchev–Trinajstić information content (AvgIpc) is 3.02. The molecule has 1 aliphatic heterocycles. The Kier molecular flexibility index (Phi) is 4.62. The van der Waals surface area contributed by atoms with Crippen LogP contribution in [0.3, 0.4) is 0 Å². The van der Waals surface area contributed by atoms with Crippen LogP contribution >= 0.6 is 0 Å². The zero-order chi connectivity index (χ0) is 20.1. The summed E-state index contributed by atoms with van der Waals surface area (Å²) in [4.78, 5) is 19.6. The second-order valence-corrected chi connectivity index (χ2v) is 8.71. The van der Waals surface area contributed by atoms with Gasteiger partial charge in [-0.3, -0.25) is 4.79 Å². The largest absolute Gasteiger partial charge is 0.342 e. The lowest BCUT2D eigenvalue weighted by Gasteiger charge is -2.42. The summed E-state index contributed by atoms with van der Waals surface area (Å²) < 4.78 is 1.92. The third kappa shape index (κ3) is 3.15. The fourth-order valence-electron chi connectivity index (χ4n) is 4.32. The Bertz CT molecular complexity index is 1050. The predicted octanol–water partition coefficient (Wildman–Crippen LogP) is 3.02. The number of benzene rings is 1. The number of rotatable bonds is 3. The molecule has 3 heterocycles. The lowest BCUT2D eigenvalue weighted by Crippen LogP contribution is -2.54. The van der Waals surface area contributed by atoms with Gasteiger partial charge in [-0.25, -0.2) is 9.50 Å². The average molecular weight is 380 g/mol. The van der Waals surface area contributed by atoms with E-state index in [1.54, 1.807) is 0 Å². The van der Waals surface area contributed by atoms with Gasteiger partial charge >= 0.3 is 0 Å². The molecule has 4 rings (SSSR count). The zero-order valence-corrected chi connectivity index (χ0v) is 17.2. The van der Waals surface area contributed by atoms with Crippen molar-refractivity contribution in [2.24, 2.45) is 11.1 Å². The van der Waals surface area contributed by atoms with Gasteiger partial charge in [0.2, 0.25) is 5.91 Å². The quantitative estimate of drug-likeness (QED) is 0.759. The highest BCUT2D eigenvalue weighted by molar-refractivity contribution is 5.92. The summed E-state index contributed by atoms with van der Waals surface area (Å²) in [6.45, 7) is 9.86. The van der Waals surface area contributed by atoms with Gasteiger partial charge in [0.15, 0.2) is 5.65 Å². The molecule has 1 aliphatic rings. The smallest absolute Gasteiger partial charge is 0.222 e. The van der Waals surface area contributed by atoms with Crippen LogP contribution < -0.4 is 5.73 Å². The van der Waals surface area contributed by atoms with Crippen LogP contribution in [0.5, 0.6) is 0 Å². The summed E-state index contributed by atoms with van der Waals surface area (Å²) in [5.41, 5.74) is 11.2. The summed E-state index contributed by atoms with van der Waals surface area (Å²) in [6, 6.07) is 8.21. The number of aromatic nitrogens is 3. The number of piperidine rings is 1. The first-order valence-electron chi connectivity index (χ1n) is 10.0. The van der Waals surface area contributed by atoms with E-state index in [-0.39, 0.29) is 17.4 Å². The van der Waals surface area contributed by atoms with Crippen molar-refractivity contribution in [2.45, 2.75) is 53.0 Å². The van der Waals surface area contributed by atoms with Crippen LogP contribution in [0.4, 0.5) is 0 Å². The number of nitrogens with two attached hydrogens (primary N) is 1. The predicted molar refractivity (Wildman–Crippen MR) is 111 cm³/mol. The van der Waals surface area contributed by atoms with Gasteiger partial charge in [-0.15, -0.1) is 0 Å². The minimum absolute atomic E-state index is 0.0324. The number of nitrogens with zero attached hydrogens (tertiary/aromatic N) is 4. The molecule has 0 spiro atoms. The van der Waals surface area contributed by atoms with Crippen LogP contribution in [-0.4, -0.2) is 44.5 Å². The number of carbonyl (C=O) groups is 1. The van der Waals surface area contributed by atoms with E-state index in [1.165, 1.54) is 0 Å². The lowest BCUT2D eigenvalue weighted by molar-refractivity contribution is -0.134. The van der Waals surface area contributed by atoms with Crippen molar-refractivity contribution in [1.29, 1.82) is 0 Å². The Morgan fingerprint density at radius 2 is 2.04 bits per heavy atom. The van der Waals surface area contributed by atoms with Gasteiger partial charge in [0.25, 0.3) is 0 Å². The summed E-state index contributed by atoms with van der Waals surface area (Å²) in [7, 11) is 0. The highest BCUT2D eigenvalue weighted by Gasteiger charge is 2.35. The molecule has 2 N–H and O–H groups in total. The number of amides is 1. The second kappa shape index (κ2) is 6.85. The van der Waals surface area contributed by atoms with Gasteiger partial charge in [-0.1, -0.05) is 26.0 Å². The normalized spacial score (nSPS) is 19.5. The van der Waals surface area contributed by atoms with Crippen LogP contribution in [0.25, 0.3) is 16.6 Å². The van der Waals surface area contributed by atoms with Crippen molar-refractivity contribution in [3.05, 3.63) is 41.2 Å². The van der Waals surface area contributed by atoms with E-state index >= 15 is 0 Å². The van der Waals surface area contributed by atoms with Gasteiger partial charge in [0, 0.05) is 42.3 Å². The van der Waals surface area contributed by atoms with E-state index in [0.717, 1.165) is 53.0 Å². The fourth-order valence-corrected chi connectivity index (χ4v) is 4.32. The molecule has 28 heavy (non-hydrogen) atoms. The van der Waals surface area contributed by atoms with Gasteiger partial charge in [0.1, 0.15) is 0 Å². The van der Waals surface area contributed by atoms with Crippen molar-refractivity contribution < 1.29 is 4.79 Å². The first-order chi connectivity index (χ1) is 13.3. The molecule has 3 aromatic rings. The van der Waals surface area contributed by atoms with Crippen molar-refractivity contribution >= 4 is 22.5 Å². The molecule has 1 unspecified atom stereocenters. The van der Waals surface area contributed by atoms with E-state index < -0.39 is 0 Å². The third-order valence-corrected chi connectivity index (χ3v) is 6.27. The molecule has 6 nitrogen and oxygen atoms in total. The summed E-state index contributed by atoms with van der Waals surface area (Å²) in [6.07, 6.45) is 2.03. The van der Waals surface area contributed by atoms with Gasteiger partial charge < -0.3 is 10.6 Å². The van der Waals surface area contributed by atoms with Crippen LogP contribution in [0.15, 0.2) is 24.3 Å². The summed E-state index contributed by atoms with van der Waals surface area (Å²) in [5, 5.41) is 5.76.